The second kappa shape index (κ2) is 7.82. The first-order chi connectivity index (χ1) is 11.7. The van der Waals surface area contributed by atoms with Gasteiger partial charge in [-0.1, -0.05) is 24.3 Å². The summed E-state index contributed by atoms with van der Waals surface area (Å²) in [6, 6.07) is 16.2. The molecule has 0 amide bonds. The molecule has 0 saturated carbocycles. The van der Waals surface area contributed by atoms with Gasteiger partial charge in [0.2, 0.25) is 0 Å². The highest BCUT2D eigenvalue weighted by molar-refractivity contribution is 5.84. The summed E-state index contributed by atoms with van der Waals surface area (Å²) in [5.41, 5.74) is 3.48. The molecule has 0 aliphatic heterocycles. The van der Waals surface area contributed by atoms with Crippen LogP contribution in [0.1, 0.15) is 24.0 Å². The molecule has 1 heterocycles. The van der Waals surface area contributed by atoms with Crippen molar-refractivity contribution in [2.45, 2.75) is 26.7 Å². The Morgan fingerprint density at radius 2 is 1.62 bits per heavy atom. The van der Waals surface area contributed by atoms with Crippen LogP contribution in [0.15, 0.2) is 54.7 Å². The predicted octanol–water partition coefficient (Wildman–Crippen LogP) is 5.09. The highest BCUT2D eigenvalue weighted by Gasteiger charge is 2.02. The molecule has 2 aromatic carbocycles. The molecule has 0 spiro atoms. The van der Waals surface area contributed by atoms with Crippen molar-refractivity contribution in [1.82, 2.24) is 4.98 Å². The number of aryl methyl sites for hydroxylation is 2. The van der Waals surface area contributed by atoms with Crippen molar-refractivity contribution < 1.29 is 9.47 Å². The van der Waals surface area contributed by atoms with E-state index < -0.39 is 0 Å². The Hall–Kier alpha value is -2.55. The van der Waals surface area contributed by atoms with Gasteiger partial charge in [0.25, 0.3) is 0 Å². The van der Waals surface area contributed by atoms with E-state index in [0.29, 0.717) is 13.2 Å². The number of hydrogen-bond donors (Lipinski definition) is 0. The van der Waals surface area contributed by atoms with Gasteiger partial charge in [-0.2, -0.15) is 0 Å². The smallest absolute Gasteiger partial charge is 0.145 e. The molecule has 3 heteroatoms. The van der Waals surface area contributed by atoms with E-state index in [1.165, 1.54) is 11.1 Å². The molecule has 3 rings (SSSR count). The number of pyridine rings is 1. The van der Waals surface area contributed by atoms with Crippen LogP contribution < -0.4 is 9.47 Å². The summed E-state index contributed by atoms with van der Waals surface area (Å²) < 4.78 is 11.7. The molecule has 0 radical (unpaired) electrons. The third-order valence-corrected chi connectivity index (χ3v) is 4.14. The summed E-state index contributed by atoms with van der Waals surface area (Å²) in [6.07, 6.45) is 3.71. The monoisotopic (exact) mass is 321 g/mol. The van der Waals surface area contributed by atoms with Crippen molar-refractivity contribution in [3.05, 3.63) is 65.9 Å². The first-order valence-corrected chi connectivity index (χ1v) is 8.40. The van der Waals surface area contributed by atoms with Crippen molar-refractivity contribution in [1.29, 1.82) is 0 Å². The van der Waals surface area contributed by atoms with Gasteiger partial charge in [-0.05, 0) is 62.1 Å². The van der Waals surface area contributed by atoms with Crippen molar-refractivity contribution in [3.63, 3.8) is 0 Å². The van der Waals surface area contributed by atoms with Crippen LogP contribution in [-0.2, 0) is 0 Å². The third kappa shape index (κ3) is 4.05. The largest absolute Gasteiger partial charge is 0.494 e. The van der Waals surface area contributed by atoms with Gasteiger partial charge in [0.1, 0.15) is 17.0 Å². The van der Waals surface area contributed by atoms with Gasteiger partial charge in [0.15, 0.2) is 0 Å². The second-order valence-corrected chi connectivity index (χ2v) is 5.98. The Morgan fingerprint density at radius 1 is 0.833 bits per heavy atom. The van der Waals surface area contributed by atoms with E-state index in [4.69, 9.17) is 9.47 Å². The molecule has 124 valence electrons. The van der Waals surface area contributed by atoms with Gasteiger partial charge < -0.3 is 9.47 Å². The van der Waals surface area contributed by atoms with E-state index >= 15 is 0 Å². The van der Waals surface area contributed by atoms with Crippen molar-refractivity contribution in [2.75, 3.05) is 13.2 Å². The fourth-order valence-electron chi connectivity index (χ4n) is 2.57. The Kier molecular flexibility index (Phi) is 5.32. The van der Waals surface area contributed by atoms with Crippen LogP contribution in [0.25, 0.3) is 10.9 Å². The van der Waals surface area contributed by atoms with Crippen LogP contribution in [0.5, 0.6) is 11.5 Å². The zero-order valence-electron chi connectivity index (χ0n) is 14.3. The zero-order valence-corrected chi connectivity index (χ0v) is 14.3. The summed E-state index contributed by atoms with van der Waals surface area (Å²) in [5.74, 6) is 1.79. The van der Waals surface area contributed by atoms with Gasteiger partial charge in [-0.3, -0.25) is 4.98 Å². The summed E-state index contributed by atoms with van der Waals surface area (Å²) in [6.45, 7) is 5.60. The van der Waals surface area contributed by atoms with E-state index in [9.17, 15) is 0 Å². The fraction of sp³-hybridized carbons (Fsp3) is 0.286. The first kappa shape index (κ1) is 16.3. The fourth-order valence-corrected chi connectivity index (χ4v) is 2.57. The van der Waals surface area contributed by atoms with Gasteiger partial charge in [0.05, 0.1) is 13.2 Å². The molecule has 1 aromatic heterocycles. The van der Waals surface area contributed by atoms with Crippen LogP contribution in [-0.4, -0.2) is 18.2 Å². The molecule has 0 fully saturated rings. The van der Waals surface area contributed by atoms with Crippen molar-refractivity contribution in [2.24, 2.45) is 0 Å². The predicted molar refractivity (Wildman–Crippen MR) is 97.9 cm³/mol. The molecule has 0 N–H and O–H groups in total. The second-order valence-electron chi connectivity index (χ2n) is 5.98. The van der Waals surface area contributed by atoms with E-state index in [2.05, 4.69) is 31.0 Å². The van der Waals surface area contributed by atoms with Crippen LogP contribution >= 0.6 is 0 Å². The Bertz CT molecular complexity index is 809. The maximum atomic E-state index is 5.89. The number of unbranched alkanes of at least 4 members (excludes halogenated alkanes) is 1. The minimum Gasteiger partial charge on any atom is -0.494 e. The maximum absolute atomic E-state index is 5.89. The lowest BCUT2D eigenvalue weighted by Gasteiger charge is -2.10. The van der Waals surface area contributed by atoms with E-state index in [0.717, 1.165) is 35.2 Å². The summed E-state index contributed by atoms with van der Waals surface area (Å²) in [7, 11) is 0. The lowest BCUT2D eigenvalue weighted by molar-refractivity contribution is 0.267. The highest BCUT2D eigenvalue weighted by Crippen LogP contribution is 2.23. The van der Waals surface area contributed by atoms with Gasteiger partial charge in [-0.15, -0.1) is 0 Å². The average molecular weight is 321 g/mol. The highest BCUT2D eigenvalue weighted by atomic mass is 16.5. The number of fused-ring (bicyclic) bond motifs is 1. The molecular formula is C21H23NO2. The lowest BCUT2D eigenvalue weighted by Crippen LogP contribution is -2.03. The van der Waals surface area contributed by atoms with Crippen LogP contribution in [0.3, 0.4) is 0 Å². The summed E-state index contributed by atoms with van der Waals surface area (Å²) in [5, 5.41) is 1.10. The third-order valence-electron chi connectivity index (χ3n) is 4.14. The Morgan fingerprint density at radius 3 is 2.46 bits per heavy atom. The molecule has 0 atom stereocenters. The SMILES string of the molecule is Cc1ccc(OCCCCOc2cccc3cccnc23)cc1C. The molecule has 3 aromatic rings. The molecule has 0 unspecified atom stereocenters. The quantitative estimate of drug-likeness (QED) is 0.568. The van der Waals surface area contributed by atoms with Gasteiger partial charge in [-0.25, -0.2) is 0 Å². The number of para-hydroxylation sites is 1. The minimum atomic E-state index is 0.673. The summed E-state index contributed by atoms with van der Waals surface area (Å²) >= 11 is 0. The summed E-state index contributed by atoms with van der Waals surface area (Å²) in [4.78, 5) is 4.40. The van der Waals surface area contributed by atoms with E-state index in [1.54, 1.807) is 6.20 Å². The molecular weight excluding hydrogens is 298 g/mol. The molecule has 0 saturated heterocycles. The first-order valence-electron chi connectivity index (χ1n) is 8.40. The lowest BCUT2D eigenvalue weighted by atomic mass is 10.1. The molecule has 0 aliphatic carbocycles. The number of rotatable bonds is 7. The maximum Gasteiger partial charge on any atom is 0.145 e. The molecule has 24 heavy (non-hydrogen) atoms. The number of aromatic nitrogens is 1. The van der Waals surface area contributed by atoms with Gasteiger partial charge >= 0.3 is 0 Å². The number of benzene rings is 2. The van der Waals surface area contributed by atoms with Crippen LogP contribution in [0, 0.1) is 13.8 Å². The normalized spacial score (nSPS) is 10.8. The van der Waals surface area contributed by atoms with E-state index in [1.807, 2.05) is 36.4 Å². The molecule has 0 bridgehead atoms. The van der Waals surface area contributed by atoms with Crippen molar-refractivity contribution >= 4 is 10.9 Å². The van der Waals surface area contributed by atoms with Gasteiger partial charge in [0, 0.05) is 11.6 Å². The topological polar surface area (TPSA) is 31.4 Å². The van der Waals surface area contributed by atoms with Crippen LogP contribution in [0.4, 0.5) is 0 Å². The number of hydrogen-bond acceptors (Lipinski definition) is 3. The average Bonchev–Trinajstić information content (AvgIpc) is 2.61. The Balaban J connectivity index is 1.43. The molecule has 3 nitrogen and oxygen atoms in total. The van der Waals surface area contributed by atoms with Crippen molar-refractivity contribution in [3.8, 4) is 11.5 Å². The number of nitrogens with zero attached hydrogens (tertiary/aromatic N) is 1. The standard InChI is InChI=1S/C21H23NO2/c1-16-10-11-19(15-17(16)2)23-13-3-4-14-24-20-9-5-7-18-8-6-12-22-21(18)20/h5-12,15H,3-4,13-14H2,1-2H3. The molecule has 0 aliphatic rings. The minimum absolute atomic E-state index is 0.673. The number of ether oxygens (including phenoxy) is 2. The van der Waals surface area contributed by atoms with E-state index in [-0.39, 0.29) is 0 Å². The Labute approximate surface area is 143 Å². The van der Waals surface area contributed by atoms with Crippen LogP contribution in [0.2, 0.25) is 0 Å². The zero-order chi connectivity index (χ0) is 16.8.